The predicted octanol–water partition coefficient (Wildman–Crippen LogP) is 6.71. The van der Waals surface area contributed by atoms with E-state index >= 15 is 0 Å². The summed E-state index contributed by atoms with van der Waals surface area (Å²) in [6, 6.07) is 0. The van der Waals surface area contributed by atoms with Crippen LogP contribution in [0.25, 0.3) is 0 Å². The summed E-state index contributed by atoms with van der Waals surface area (Å²) in [6.07, 6.45) is 7.96. The molecule has 0 aromatic heterocycles. The molecule has 1 nitrogen and oxygen atoms in total. The second-order valence-corrected chi connectivity index (χ2v) is 2.55. The van der Waals surface area contributed by atoms with Crippen molar-refractivity contribution in [3.8, 4) is 0 Å². The third-order valence-electron chi connectivity index (χ3n) is 0.736. The molecule has 0 rings (SSSR count). The van der Waals surface area contributed by atoms with Gasteiger partial charge in [-0.15, -0.1) is 0 Å². The lowest BCUT2D eigenvalue weighted by Gasteiger charge is -1.72. The number of aliphatic imine (C=N–C) groups is 1. The van der Waals surface area contributed by atoms with Crippen molar-refractivity contribution in [3.05, 3.63) is 12.2 Å². The Hall–Kier alpha value is -0.300. The normalized spacial score (nSPS) is 7.65. The van der Waals surface area contributed by atoms with Gasteiger partial charge >= 0.3 is 0 Å². The molecule has 0 heterocycles. The van der Waals surface area contributed by atoms with Gasteiger partial charge in [-0.1, -0.05) is 85.6 Å². The summed E-state index contributed by atoms with van der Waals surface area (Å²) >= 11 is 4.89. The Bertz CT molecular complexity index is 89.1. The Morgan fingerprint density at radius 2 is 1.00 bits per heavy atom. The third kappa shape index (κ3) is 215. The maximum atomic E-state index is 4.89. The highest BCUT2D eigenvalue weighted by Gasteiger charge is 1.60. The molecule has 0 aliphatic carbocycles. The molecule has 0 unspecified atom stereocenters. The molecule has 0 saturated heterocycles. The van der Waals surface area contributed by atoms with Crippen LogP contribution in [0.15, 0.2) is 17.1 Å². The lowest BCUT2D eigenvalue weighted by atomic mass is 10.4. The number of allylic oxidation sites excluding steroid dienone is 2. The molecule has 0 fully saturated rings. The van der Waals surface area contributed by atoms with Crippen molar-refractivity contribution in [1.29, 1.82) is 0 Å². The van der Waals surface area contributed by atoms with Crippen molar-refractivity contribution in [1.82, 2.24) is 0 Å². The van der Waals surface area contributed by atoms with E-state index in [-0.39, 0.29) is 0 Å². The number of nitrogens with zero attached hydrogens (tertiary/aromatic N) is 1. The minimum Gasteiger partial charge on any atom is -0.284 e. The number of rotatable bonds is 2. The smallest absolute Gasteiger partial charge is 0.0867 e. The van der Waals surface area contributed by atoms with Crippen molar-refractivity contribution >= 4 is 17.3 Å². The minimum absolute atomic E-state index is 1.17. The van der Waals surface area contributed by atoms with Crippen LogP contribution in [0, 0.1) is 0 Å². The highest BCUT2D eigenvalue weighted by atomic mass is 35.5. The second kappa shape index (κ2) is 75.6. The molecule has 0 aromatic carbocycles. The summed E-state index contributed by atoms with van der Waals surface area (Å²) in [5, 5.41) is 0. The summed E-state index contributed by atoms with van der Waals surface area (Å²) in [4.78, 5) is 3.38. The Balaban J connectivity index is -0.0000000385. The van der Waals surface area contributed by atoms with Crippen LogP contribution in [0.1, 0.15) is 74.7 Å². The zero-order valence-corrected chi connectivity index (χ0v) is 14.4. The van der Waals surface area contributed by atoms with E-state index in [9.17, 15) is 0 Å². The van der Waals surface area contributed by atoms with Gasteiger partial charge in [0.15, 0.2) is 0 Å². The van der Waals surface area contributed by atoms with E-state index in [1.54, 1.807) is 7.05 Å². The van der Waals surface area contributed by atoms with E-state index in [0.29, 0.717) is 0 Å². The summed E-state index contributed by atoms with van der Waals surface area (Å²) < 4.78 is 0. The molecule has 0 amide bonds. The lowest BCUT2D eigenvalue weighted by Crippen LogP contribution is -1.51. The SMILES string of the molecule is CC.CC.CC/C=C\CC.CCC.CN=CCl. The molecular weight excluding hydrogens is 230 g/mol. The molecule has 0 saturated carbocycles. The molecule has 0 aromatic rings. The largest absolute Gasteiger partial charge is 0.284 e. The number of halogens is 1. The van der Waals surface area contributed by atoms with Crippen molar-refractivity contribution in [2.75, 3.05) is 7.05 Å². The number of hydrogen-bond acceptors (Lipinski definition) is 1. The van der Waals surface area contributed by atoms with Gasteiger partial charge < -0.3 is 0 Å². The second-order valence-electron chi connectivity index (χ2n) is 2.35. The zero-order valence-electron chi connectivity index (χ0n) is 13.7. The molecule has 0 radical (unpaired) electrons. The van der Waals surface area contributed by atoms with Gasteiger partial charge in [-0.05, 0) is 12.8 Å². The van der Waals surface area contributed by atoms with Gasteiger partial charge in [0.25, 0.3) is 0 Å². The van der Waals surface area contributed by atoms with Gasteiger partial charge in [-0.25, -0.2) is 0 Å². The highest BCUT2D eigenvalue weighted by molar-refractivity contribution is 6.56. The molecule has 0 aliphatic heterocycles. The standard InChI is InChI=1S/C6H12.C3H8.C2H4ClN.2C2H6/c1-3-5-6-4-2;1-3-2;1-4-2-3;2*1-2/h5-6H,3-4H2,1-2H3;3H2,1-2H3;2H,1H3;2*1-2H3/b6-5-;;;;. The Labute approximate surface area is 116 Å². The summed E-state index contributed by atoms with van der Waals surface area (Å²) in [7, 11) is 1.62. The fourth-order valence-electron chi connectivity index (χ4n) is 0.333. The minimum atomic E-state index is 1.17. The monoisotopic (exact) mass is 265 g/mol. The molecule has 0 bridgehead atoms. The fraction of sp³-hybridized carbons (Fsp3) is 0.800. The molecule has 108 valence electrons. The molecule has 0 spiro atoms. The first kappa shape index (κ1) is 30.1. The van der Waals surface area contributed by atoms with Gasteiger partial charge in [0.1, 0.15) is 0 Å². The average Bonchev–Trinajstić information content (AvgIpc) is 2.42. The Morgan fingerprint density at radius 1 is 0.824 bits per heavy atom. The first-order valence-electron chi connectivity index (χ1n) is 6.90. The maximum Gasteiger partial charge on any atom is 0.0867 e. The van der Waals surface area contributed by atoms with Crippen molar-refractivity contribution in [2.45, 2.75) is 74.7 Å². The van der Waals surface area contributed by atoms with E-state index < -0.39 is 0 Å². The van der Waals surface area contributed by atoms with Gasteiger partial charge in [-0.2, -0.15) is 0 Å². The van der Waals surface area contributed by atoms with Crippen LogP contribution in [-0.4, -0.2) is 12.7 Å². The van der Waals surface area contributed by atoms with E-state index in [4.69, 9.17) is 11.6 Å². The van der Waals surface area contributed by atoms with Gasteiger partial charge in [-0.3, -0.25) is 4.99 Å². The van der Waals surface area contributed by atoms with Crippen molar-refractivity contribution < 1.29 is 0 Å². The molecule has 0 atom stereocenters. The van der Waals surface area contributed by atoms with Crippen LogP contribution in [0.2, 0.25) is 0 Å². The molecule has 0 aliphatic rings. The lowest BCUT2D eigenvalue weighted by molar-refractivity contribution is 1.09. The summed E-state index contributed by atoms with van der Waals surface area (Å²) in [5.74, 6) is 0. The topological polar surface area (TPSA) is 12.4 Å². The highest BCUT2D eigenvalue weighted by Crippen LogP contribution is 1.81. The van der Waals surface area contributed by atoms with E-state index in [1.807, 2.05) is 27.7 Å². The molecule has 2 heteroatoms. The van der Waals surface area contributed by atoms with E-state index in [0.717, 1.165) is 0 Å². The maximum absolute atomic E-state index is 4.89. The van der Waals surface area contributed by atoms with Crippen molar-refractivity contribution in [2.24, 2.45) is 4.99 Å². The zero-order chi connectivity index (χ0) is 14.9. The van der Waals surface area contributed by atoms with Crippen LogP contribution in [0.5, 0.6) is 0 Å². The van der Waals surface area contributed by atoms with Gasteiger partial charge in [0.05, 0.1) is 5.67 Å². The van der Waals surface area contributed by atoms with Gasteiger partial charge in [0.2, 0.25) is 0 Å². The van der Waals surface area contributed by atoms with E-state index in [1.165, 1.54) is 24.9 Å². The quantitative estimate of drug-likeness (QED) is 0.388. The predicted molar refractivity (Wildman–Crippen MR) is 88.7 cm³/mol. The fourth-order valence-corrected chi connectivity index (χ4v) is 0.333. The first-order valence-corrected chi connectivity index (χ1v) is 7.34. The third-order valence-corrected chi connectivity index (χ3v) is 0.931. The van der Waals surface area contributed by atoms with Crippen LogP contribution >= 0.6 is 11.6 Å². The van der Waals surface area contributed by atoms with Gasteiger partial charge in [0, 0.05) is 7.05 Å². The van der Waals surface area contributed by atoms with Crippen LogP contribution in [0.4, 0.5) is 0 Å². The average molecular weight is 266 g/mol. The van der Waals surface area contributed by atoms with Crippen LogP contribution in [0.3, 0.4) is 0 Å². The Kier molecular flexibility index (Phi) is 134. The summed E-state index contributed by atoms with van der Waals surface area (Å²) in [5.41, 5.74) is 1.22. The van der Waals surface area contributed by atoms with Crippen LogP contribution < -0.4 is 0 Å². The van der Waals surface area contributed by atoms with E-state index in [2.05, 4.69) is 44.8 Å². The van der Waals surface area contributed by atoms with Crippen LogP contribution in [-0.2, 0) is 0 Å². The molecule has 0 N–H and O–H groups in total. The molecule has 17 heavy (non-hydrogen) atoms. The first-order chi connectivity index (χ1) is 8.24. The summed E-state index contributed by atoms with van der Waals surface area (Å²) in [6.45, 7) is 16.5. The Morgan fingerprint density at radius 3 is 1.06 bits per heavy atom. The molecular formula is C15H36ClN. The number of hydrogen-bond donors (Lipinski definition) is 0. The van der Waals surface area contributed by atoms with Crippen molar-refractivity contribution in [3.63, 3.8) is 0 Å².